The van der Waals surface area contributed by atoms with Gasteiger partial charge in [-0.15, -0.1) is 0 Å². The van der Waals surface area contributed by atoms with Gasteiger partial charge in [-0.25, -0.2) is 0 Å². The molecule has 0 aromatic carbocycles. The van der Waals surface area contributed by atoms with E-state index in [2.05, 4.69) is 0 Å². The van der Waals surface area contributed by atoms with Crippen LogP contribution in [0.2, 0.25) is 0 Å². The molecule has 0 aliphatic heterocycles. The summed E-state index contributed by atoms with van der Waals surface area (Å²) in [5.74, 6) is -0.774. The zero-order valence-corrected chi connectivity index (χ0v) is 8.69. The van der Waals surface area contributed by atoms with Gasteiger partial charge in [-0.1, -0.05) is 0 Å². The molecule has 0 saturated carbocycles. The molecule has 2 N–H and O–H groups in total. The zero-order chi connectivity index (χ0) is 11.1. The van der Waals surface area contributed by atoms with Crippen LogP contribution in [-0.4, -0.2) is 25.7 Å². The second-order valence-corrected chi connectivity index (χ2v) is 3.03. The van der Waals surface area contributed by atoms with Gasteiger partial charge in [0, 0.05) is 6.61 Å². The number of rotatable bonds is 7. The van der Waals surface area contributed by atoms with Crippen LogP contribution in [0.1, 0.15) is 23.2 Å². The Labute approximate surface area is 88.0 Å². The molecule has 0 amide bonds. The second kappa shape index (κ2) is 6.21. The van der Waals surface area contributed by atoms with Crippen molar-refractivity contribution in [3.05, 3.63) is 23.7 Å². The van der Waals surface area contributed by atoms with Crippen LogP contribution in [0.15, 0.2) is 16.5 Å². The van der Waals surface area contributed by atoms with E-state index in [1.165, 1.54) is 6.07 Å². The van der Waals surface area contributed by atoms with Crippen molar-refractivity contribution in [1.82, 2.24) is 0 Å². The molecule has 0 unspecified atom stereocenters. The largest absolute Gasteiger partial charge is 0.542 e. The maximum absolute atomic E-state index is 10.4. The summed E-state index contributed by atoms with van der Waals surface area (Å²) in [7, 11) is 0. The summed E-state index contributed by atoms with van der Waals surface area (Å²) in [6, 6.07) is 3.05. The summed E-state index contributed by atoms with van der Waals surface area (Å²) in [5, 5.41) is 12.4. The molecule has 1 aromatic rings. The van der Waals surface area contributed by atoms with Crippen LogP contribution in [0.5, 0.6) is 0 Å². The number of furan rings is 1. The third-order valence-corrected chi connectivity index (χ3v) is 1.88. The average Bonchev–Trinajstić information content (AvgIpc) is 2.66. The summed E-state index contributed by atoms with van der Waals surface area (Å²) < 4.78 is 10.2. The molecule has 5 nitrogen and oxygen atoms in total. The molecular formula is C10H15NO4. The van der Waals surface area contributed by atoms with Crippen molar-refractivity contribution in [2.45, 2.75) is 13.5 Å². The molecule has 0 aliphatic rings. The Hall–Kier alpha value is -1.33. The second-order valence-electron chi connectivity index (χ2n) is 3.03. The van der Waals surface area contributed by atoms with Gasteiger partial charge in [0.25, 0.3) is 0 Å². The summed E-state index contributed by atoms with van der Waals surface area (Å²) >= 11 is 0. The lowest BCUT2D eigenvalue weighted by Gasteiger charge is -2.00. The van der Waals surface area contributed by atoms with Crippen LogP contribution < -0.4 is 10.4 Å². The smallest absolute Gasteiger partial charge is 0.158 e. The molecule has 1 aromatic heterocycles. The number of carbonyl (C=O) groups is 1. The molecular weight excluding hydrogens is 198 g/mol. The third kappa shape index (κ3) is 4.14. The molecule has 15 heavy (non-hydrogen) atoms. The Morgan fingerprint density at radius 2 is 2.40 bits per heavy atom. The molecule has 1 heterocycles. The Morgan fingerprint density at radius 1 is 1.60 bits per heavy atom. The highest BCUT2D eigenvalue weighted by Crippen LogP contribution is 2.04. The van der Waals surface area contributed by atoms with Gasteiger partial charge in [-0.3, -0.25) is 0 Å². The van der Waals surface area contributed by atoms with Crippen LogP contribution in [0.4, 0.5) is 0 Å². The Kier molecular flexibility index (Phi) is 4.86. The van der Waals surface area contributed by atoms with E-state index in [1.54, 1.807) is 6.07 Å². The van der Waals surface area contributed by atoms with E-state index in [0.717, 1.165) is 6.54 Å². The highest BCUT2D eigenvalue weighted by molar-refractivity contribution is 5.82. The molecule has 0 saturated heterocycles. The van der Waals surface area contributed by atoms with Crippen molar-refractivity contribution in [2.24, 2.45) is 0 Å². The molecule has 0 aliphatic carbocycles. The van der Waals surface area contributed by atoms with Gasteiger partial charge in [-0.2, -0.15) is 0 Å². The van der Waals surface area contributed by atoms with E-state index in [-0.39, 0.29) is 5.76 Å². The average molecular weight is 213 g/mol. The number of nitrogens with two attached hydrogens (primary N) is 1. The normalized spacial score (nSPS) is 10.5. The van der Waals surface area contributed by atoms with Crippen molar-refractivity contribution in [1.29, 1.82) is 0 Å². The Morgan fingerprint density at radius 3 is 3.00 bits per heavy atom. The van der Waals surface area contributed by atoms with Crippen molar-refractivity contribution >= 4 is 5.97 Å². The van der Waals surface area contributed by atoms with E-state index in [4.69, 9.17) is 9.15 Å². The number of carboxylic acid groups (broad SMARTS) is 1. The van der Waals surface area contributed by atoms with Crippen LogP contribution in [0.3, 0.4) is 0 Å². The first-order valence-corrected chi connectivity index (χ1v) is 4.93. The van der Waals surface area contributed by atoms with Gasteiger partial charge >= 0.3 is 0 Å². The number of quaternary nitrogens is 1. The summed E-state index contributed by atoms with van der Waals surface area (Å²) in [6.45, 7) is 4.78. The molecule has 0 atom stereocenters. The van der Waals surface area contributed by atoms with E-state index < -0.39 is 5.97 Å². The fourth-order valence-corrected chi connectivity index (χ4v) is 1.15. The Balaban J connectivity index is 2.23. The topological polar surface area (TPSA) is 79.1 Å². The van der Waals surface area contributed by atoms with E-state index in [1.807, 2.05) is 12.2 Å². The van der Waals surface area contributed by atoms with Gasteiger partial charge < -0.3 is 24.4 Å². The molecule has 5 heteroatoms. The first-order chi connectivity index (χ1) is 7.24. The van der Waals surface area contributed by atoms with Crippen LogP contribution in [0.25, 0.3) is 0 Å². The van der Waals surface area contributed by atoms with Gasteiger partial charge in [0.15, 0.2) is 5.76 Å². The fourth-order valence-electron chi connectivity index (χ4n) is 1.15. The van der Waals surface area contributed by atoms with Crippen LogP contribution in [0, 0.1) is 0 Å². The van der Waals surface area contributed by atoms with Gasteiger partial charge in [0.2, 0.25) is 0 Å². The standard InChI is InChI=1S/C10H15NO4/c1-2-14-6-5-11-7-8-3-4-9(15-8)10(12)13/h3-4,11H,2,5-7H2,1H3,(H,12,13). The quantitative estimate of drug-likeness (QED) is 0.573. The third-order valence-electron chi connectivity index (χ3n) is 1.88. The van der Waals surface area contributed by atoms with Crippen LogP contribution >= 0.6 is 0 Å². The lowest BCUT2D eigenvalue weighted by molar-refractivity contribution is -0.673. The monoisotopic (exact) mass is 213 g/mol. The molecule has 0 bridgehead atoms. The van der Waals surface area contributed by atoms with Gasteiger partial charge in [-0.05, 0) is 19.1 Å². The van der Waals surface area contributed by atoms with E-state index in [0.29, 0.717) is 25.5 Å². The molecule has 84 valence electrons. The predicted octanol–water partition coefficient (Wildman–Crippen LogP) is -1.26. The molecule has 0 spiro atoms. The SMILES string of the molecule is CCOCC[NH2+]Cc1ccc(C(=O)[O-])o1. The minimum Gasteiger partial charge on any atom is -0.542 e. The number of carbonyl (C=O) groups excluding carboxylic acids is 1. The lowest BCUT2D eigenvalue weighted by atomic mass is 10.4. The molecule has 0 fully saturated rings. The summed E-state index contributed by atoms with van der Waals surface area (Å²) in [5.41, 5.74) is 0. The van der Waals surface area contributed by atoms with Gasteiger partial charge in [0.1, 0.15) is 18.3 Å². The van der Waals surface area contributed by atoms with Crippen molar-refractivity contribution in [3.8, 4) is 0 Å². The highest BCUT2D eigenvalue weighted by Gasteiger charge is 2.03. The maximum atomic E-state index is 10.4. The minimum absolute atomic E-state index is 0.122. The first kappa shape index (κ1) is 11.7. The maximum Gasteiger partial charge on any atom is 0.158 e. The van der Waals surface area contributed by atoms with Crippen molar-refractivity contribution in [3.63, 3.8) is 0 Å². The minimum atomic E-state index is -1.28. The highest BCUT2D eigenvalue weighted by atomic mass is 16.5. The Bertz CT molecular complexity index is 308. The number of hydrogen-bond acceptors (Lipinski definition) is 4. The predicted molar refractivity (Wildman–Crippen MR) is 50.0 cm³/mol. The van der Waals surface area contributed by atoms with Crippen molar-refractivity contribution < 1.29 is 24.4 Å². The van der Waals surface area contributed by atoms with Crippen LogP contribution in [-0.2, 0) is 11.3 Å². The van der Waals surface area contributed by atoms with Gasteiger partial charge in [0.05, 0.1) is 13.2 Å². The fraction of sp³-hybridized carbons (Fsp3) is 0.500. The summed E-state index contributed by atoms with van der Waals surface area (Å²) in [4.78, 5) is 10.4. The zero-order valence-electron chi connectivity index (χ0n) is 8.69. The van der Waals surface area contributed by atoms with E-state index >= 15 is 0 Å². The lowest BCUT2D eigenvalue weighted by Crippen LogP contribution is -2.83. The molecule has 0 radical (unpaired) electrons. The summed E-state index contributed by atoms with van der Waals surface area (Å²) in [6.07, 6.45) is 0. The first-order valence-electron chi connectivity index (χ1n) is 4.93. The number of hydrogen-bond donors (Lipinski definition) is 1. The van der Waals surface area contributed by atoms with Crippen molar-refractivity contribution in [2.75, 3.05) is 19.8 Å². The number of aromatic carboxylic acids is 1. The number of carboxylic acids is 1. The van der Waals surface area contributed by atoms with E-state index in [9.17, 15) is 9.90 Å². The molecule has 1 rings (SSSR count). The number of ether oxygens (including phenoxy) is 1.